The molecule has 0 N–H and O–H groups in total. The van der Waals surface area contributed by atoms with Gasteiger partial charge in [0.15, 0.2) is 5.75 Å². The van der Waals surface area contributed by atoms with E-state index >= 15 is 0 Å². The number of hydrogen-bond donors (Lipinski definition) is 0. The molecule has 0 unspecified atom stereocenters. The van der Waals surface area contributed by atoms with Crippen LogP contribution in [-0.4, -0.2) is 39.6 Å². The summed E-state index contributed by atoms with van der Waals surface area (Å²) in [4.78, 5) is 29.0. The number of sulfone groups is 1. The van der Waals surface area contributed by atoms with E-state index in [9.17, 15) is 18.0 Å². The van der Waals surface area contributed by atoms with E-state index in [1.807, 2.05) is 19.9 Å². The minimum absolute atomic E-state index is 0.0777. The zero-order chi connectivity index (χ0) is 25.0. The Morgan fingerprint density at radius 2 is 1.82 bits per heavy atom. The van der Waals surface area contributed by atoms with E-state index in [4.69, 9.17) is 14.2 Å². The Morgan fingerprint density at radius 1 is 1.12 bits per heavy atom. The molecule has 3 aromatic rings. The Balaban J connectivity index is 2.23. The Kier molecular flexibility index (Phi) is 7.73. The maximum atomic E-state index is 13.3. The van der Waals surface area contributed by atoms with Gasteiger partial charge in [-0.15, -0.1) is 11.3 Å². The van der Waals surface area contributed by atoms with E-state index in [0.717, 1.165) is 21.6 Å². The molecule has 0 atom stereocenters. The second kappa shape index (κ2) is 10.4. The van der Waals surface area contributed by atoms with E-state index in [1.165, 1.54) is 27.2 Å². The monoisotopic (exact) mass is 503 g/mol. The van der Waals surface area contributed by atoms with Crippen molar-refractivity contribution in [1.82, 2.24) is 4.98 Å². The summed E-state index contributed by atoms with van der Waals surface area (Å²) in [5.74, 6) is -1.85. The first kappa shape index (κ1) is 25.4. The van der Waals surface area contributed by atoms with Gasteiger partial charge in [-0.05, 0) is 44.0 Å². The van der Waals surface area contributed by atoms with Crippen molar-refractivity contribution >= 4 is 43.3 Å². The zero-order valence-electron chi connectivity index (χ0n) is 19.5. The molecular weight excluding hydrogens is 478 g/mol. The van der Waals surface area contributed by atoms with Crippen LogP contribution in [0.2, 0.25) is 0 Å². The summed E-state index contributed by atoms with van der Waals surface area (Å²) in [6.07, 6.45) is 2.17. The standard InChI is InChI=1S/C24H25NO7S2/c1-14(2)10-11-17-19(30-4)12-16(21(23(27)31-5)22(17)32-15(3)26)13-34(28,29)24-25-18-8-6-7-9-20(18)33-24/h6-10,12H,11,13H2,1-5H3. The van der Waals surface area contributed by atoms with Crippen LogP contribution in [0.1, 0.15) is 42.3 Å². The third-order valence-corrected chi connectivity index (χ3v) is 8.04. The van der Waals surface area contributed by atoms with Gasteiger partial charge in [-0.3, -0.25) is 4.79 Å². The Hall–Kier alpha value is -3.24. The van der Waals surface area contributed by atoms with Crippen LogP contribution in [0.25, 0.3) is 10.2 Å². The van der Waals surface area contributed by atoms with Gasteiger partial charge in [0.05, 0.1) is 30.2 Å². The normalized spacial score (nSPS) is 11.2. The molecule has 0 radical (unpaired) electrons. The van der Waals surface area contributed by atoms with Crippen LogP contribution in [0, 0.1) is 0 Å². The summed E-state index contributed by atoms with van der Waals surface area (Å²) in [5.41, 5.74) is 1.94. The van der Waals surface area contributed by atoms with Crippen LogP contribution in [-0.2, 0) is 31.5 Å². The van der Waals surface area contributed by atoms with Crippen LogP contribution in [0.3, 0.4) is 0 Å². The number of ether oxygens (including phenoxy) is 3. The first-order chi connectivity index (χ1) is 16.1. The fraction of sp³-hybridized carbons (Fsp3) is 0.292. The summed E-state index contributed by atoms with van der Waals surface area (Å²) >= 11 is 1.04. The van der Waals surface area contributed by atoms with Crippen molar-refractivity contribution in [3.8, 4) is 11.5 Å². The van der Waals surface area contributed by atoms with Crippen molar-refractivity contribution in [2.75, 3.05) is 14.2 Å². The summed E-state index contributed by atoms with van der Waals surface area (Å²) in [5, 5.41) is 0. The number of benzene rings is 2. The minimum Gasteiger partial charge on any atom is -0.496 e. The van der Waals surface area contributed by atoms with Crippen LogP contribution >= 0.6 is 11.3 Å². The average molecular weight is 504 g/mol. The van der Waals surface area contributed by atoms with Gasteiger partial charge >= 0.3 is 11.9 Å². The molecule has 0 aliphatic heterocycles. The van der Waals surface area contributed by atoms with Gasteiger partial charge in [-0.25, -0.2) is 18.2 Å². The highest BCUT2D eigenvalue weighted by atomic mass is 32.2. The Morgan fingerprint density at radius 3 is 2.41 bits per heavy atom. The number of carbonyl (C=O) groups is 2. The third kappa shape index (κ3) is 5.45. The third-order valence-electron chi connectivity index (χ3n) is 4.88. The Bertz CT molecular complexity index is 1350. The SMILES string of the molecule is COC(=O)c1c(CS(=O)(=O)c2nc3ccccc3s2)cc(OC)c(CC=C(C)C)c1OC(C)=O. The van der Waals surface area contributed by atoms with E-state index in [1.54, 1.807) is 24.3 Å². The fourth-order valence-electron chi connectivity index (χ4n) is 3.35. The number of thiazole rings is 1. The molecule has 0 aliphatic rings. The largest absolute Gasteiger partial charge is 0.496 e. The number of nitrogens with zero attached hydrogens (tertiary/aromatic N) is 1. The number of methoxy groups -OCH3 is 2. The van der Waals surface area contributed by atoms with Crippen molar-refractivity contribution in [3.63, 3.8) is 0 Å². The lowest BCUT2D eigenvalue weighted by Gasteiger charge is -2.19. The maximum absolute atomic E-state index is 13.3. The van der Waals surface area contributed by atoms with Gasteiger partial charge in [-0.1, -0.05) is 23.8 Å². The van der Waals surface area contributed by atoms with Crippen LogP contribution < -0.4 is 9.47 Å². The lowest BCUT2D eigenvalue weighted by molar-refractivity contribution is -0.131. The number of rotatable bonds is 8. The van der Waals surface area contributed by atoms with E-state index in [0.29, 0.717) is 17.5 Å². The van der Waals surface area contributed by atoms with Crippen molar-refractivity contribution in [3.05, 3.63) is 58.7 Å². The quantitative estimate of drug-likeness (QED) is 0.251. The van der Waals surface area contributed by atoms with Crippen molar-refractivity contribution in [2.24, 2.45) is 0 Å². The highest BCUT2D eigenvalue weighted by Gasteiger charge is 2.30. The molecule has 0 saturated carbocycles. The molecular formula is C24H25NO7S2. The smallest absolute Gasteiger partial charge is 0.342 e. The molecule has 0 bridgehead atoms. The molecule has 0 fully saturated rings. The molecule has 3 rings (SSSR count). The molecule has 34 heavy (non-hydrogen) atoms. The maximum Gasteiger partial charge on any atom is 0.342 e. The molecule has 0 aliphatic carbocycles. The number of esters is 2. The molecule has 10 heteroatoms. The van der Waals surface area contributed by atoms with Gasteiger partial charge in [0.25, 0.3) is 0 Å². The van der Waals surface area contributed by atoms with Crippen molar-refractivity contribution in [1.29, 1.82) is 0 Å². The highest BCUT2D eigenvalue weighted by Crippen LogP contribution is 2.39. The molecule has 1 heterocycles. The number of carbonyl (C=O) groups excluding carboxylic acids is 2. The van der Waals surface area contributed by atoms with Gasteiger partial charge < -0.3 is 14.2 Å². The molecule has 1 aromatic heterocycles. The average Bonchev–Trinajstić information content (AvgIpc) is 3.22. The van der Waals surface area contributed by atoms with E-state index in [-0.39, 0.29) is 27.0 Å². The second-order valence-electron chi connectivity index (χ2n) is 7.70. The van der Waals surface area contributed by atoms with Crippen molar-refractivity contribution in [2.45, 2.75) is 37.3 Å². The number of aromatic nitrogens is 1. The number of para-hydroxylation sites is 1. The van der Waals surface area contributed by atoms with Crippen LogP contribution in [0.15, 0.2) is 46.3 Å². The summed E-state index contributed by atoms with van der Waals surface area (Å²) in [6, 6.07) is 8.55. The number of allylic oxidation sites excluding steroid dienone is 2. The first-order valence-electron chi connectivity index (χ1n) is 10.3. The molecule has 180 valence electrons. The molecule has 8 nitrogen and oxygen atoms in total. The van der Waals surface area contributed by atoms with Crippen LogP contribution in [0.4, 0.5) is 0 Å². The van der Waals surface area contributed by atoms with Gasteiger partial charge in [-0.2, -0.15) is 0 Å². The predicted octanol–water partition coefficient (Wildman–Crippen LogP) is 4.50. The number of hydrogen-bond acceptors (Lipinski definition) is 9. The van der Waals surface area contributed by atoms with Gasteiger partial charge in [0.2, 0.25) is 14.2 Å². The summed E-state index contributed by atoms with van der Waals surface area (Å²) in [7, 11) is -1.37. The fourth-order valence-corrected chi connectivity index (χ4v) is 6.00. The van der Waals surface area contributed by atoms with E-state index in [2.05, 4.69) is 4.98 Å². The summed E-state index contributed by atoms with van der Waals surface area (Å²) in [6.45, 7) is 5.00. The molecule has 0 spiro atoms. The lowest BCUT2D eigenvalue weighted by Crippen LogP contribution is -2.17. The highest BCUT2D eigenvalue weighted by molar-refractivity contribution is 7.92. The van der Waals surface area contributed by atoms with Gasteiger partial charge in [0.1, 0.15) is 11.3 Å². The summed E-state index contributed by atoms with van der Waals surface area (Å²) < 4.78 is 43.1. The first-order valence-corrected chi connectivity index (χ1v) is 12.8. The second-order valence-corrected chi connectivity index (χ2v) is 10.9. The van der Waals surface area contributed by atoms with Gasteiger partial charge in [0, 0.05) is 12.5 Å². The number of fused-ring (bicyclic) bond motifs is 1. The zero-order valence-corrected chi connectivity index (χ0v) is 21.1. The van der Waals surface area contributed by atoms with Crippen LogP contribution in [0.5, 0.6) is 11.5 Å². The molecule has 2 aromatic carbocycles. The minimum atomic E-state index is -3.96. The van der Waals surface area contributed by atoms with E-state index < -0.39 is 27.5 Å². The topological polar surface area (TPSA) is 109 Å². The molecule has 0 amide bonds. The molecule has 0 saturated heterocycles. The van der Waals surface area contributed by atoms with Crippen molar-refractivity contribution < 1.29 is 32.2 Å². The Labute approximate surface area is 202 Å². The predicted molar refractivity (Wildman–Crippen MR) is 129 cm³/mol. The lowest BCUT2D eigenvalue weighted by atomic mass is 9.98.